The fourth-order valence-corrected chi connectivity index (χ4v) is 3.97. The predicted octanol–water partition coefficient (Wildman–Crippen LogP) is 4.19. The first-order valence-corrected chi connectivity index (χ1v) is 10.2. The molecule has 1 aliphatic carbocycles. The molecule has 0 aliphatic heterocycles. The molecule has 0 bridgehead atoms. The van der Waals surface area contributed by atoms with E-state index in [1.807, 2.05) is 0 Å². The number of aliphatic hydroxyl groups excluding tert-OH is 1. The number of amides is 1. The number of nitrogens with zero attached hydrogens (tertiary/aromatic N) is 2. The Balaban J connectivity index is 1.74. The van der Waals surface area contributed by atoms with Crippen LogP contribution in [-0.2, 0) is 6.42 Å². The van der Waals surface area contributed by atoms with Gasteiger partial charge in [-0.3, -0.25) is 4.79 Å². The Bertz CT molecular complexity index is 1090. The Hall–Kier alpha value is -2.64. The number of carbonyl (C=O) groups excluding carboxylic acids is 1. The molecule has 1 aromatic carbocycles. The number of pyridine rings is 2. The van der Waals surface area contributed by atoms with Gasteiger partial charge in [-0.05, 0) is 54.7 Å². The summed E-state index contributed by atoms with van der Waals surface area (Å²) in [5.41, 5.74) is 0.908. The van der Waals surface area contributed by atoms with Gasteiger partial charge in [-0.1, -0.05) is 30.5 Å². The molecule has 0 spiro atoms. The van der Waals surface area contributed by atoms with Crippen molar-refractivity contribution < 1.29 is 18.7 Å². The second-order valence-electron chi connectivity index (χ2n) is 7.52. The summed E-state index contributed by atoms with van der Waals surface area (Å²) in [7, 11) is 0. The van der Waals surface area contributed by atoms with Crippen LogP contribution in [0, 0.1) is 11.6 Å². The van der Waals surface area contributed by atoms with E-state index in [2.05, 4.69) is 15.3 Å². The van der Waals surface area contributed by atoms with Gasteiger partial charge >= 0.3 is 0 Å². The zero-order chi connectivity index (χ0) is 21.3. The molecule has 30 heavy (non-hydrogen) atoms. The molecule has 1 aliphatic rings. The minimum absolute atomic E-state index is 0.0262. The molecule has 0 unspecified atom stereocenters. The van der Waals surface area contributed by atoms with E-state index >= 15 is 0 Å². The van der Waals surface area contributed by atoms with Crippen LogP contribution in [-0.4, -0.2) is 33.1 Å². The molecule has 1 saturated carbocycles. The molecular formula is C22H20ClF2N3O2. The fraction of sp³-hybridized carbons (Fsp3) is 0.318. The lowest BCUT2D eigenvalue weighted by Crippen LogP contribution is -2.45. The van der Waals surface area contributed by atoms with Gasteiger partial charge in [-0.2, -0.15) is 0 Å². The maximum Gasteiger partial charge on any atom is 0.270 e. The highest BCUT2D eigenvalue weighted by Crippen LogP contribution is 2.27. The lowest BCUT2D eigenvalue weighted by molar-refractivity contribution is 0.0714. The zero-order valence-electron chi connectivity index (χ0n) is 16.0. The fourth-order valence-electron chi connectivity index (χ4n) is 3.85. The number of benzene rings is 1. The van der Waals surface area contributed by atoms with E-state index in [-0.39, 0.29) is 29.1 Å². The number of aliphatic hydroxyl groups is 1. The van der Waals surface area contributed by atoms with Gasteiger partial charge in [0, 0.05) is 11.6 Å². The van der Waals surface area contributed by atoms with Crippen molar-refractivity contribution in [1.29, 1.82) is 0 Å². The molecular weight excluding hydrogens is 412 g/mol. The molecule has 4 rings (SSSR count). The topological polar surface area (TPSA) is 75.1 Å². The van der Waals surface area contributed by atoms with Gasteiger partial charge in [-0.25, -0.2) is 18.7 Å². The average molecular weight is 432 g/mol. The monoisotopic (exact) mass is 431 g/mol. The van der Waals surface area contributed by atoms with E-state index < -0.39 is 23.6 Å². The smallest absolute Gasteiger partial charge is 0.270 e. The Morgan fingerprint density at radius 2 is 1.93 bits per heavy atom. The third-order valence-corrected chi connectivity index (χ3v) is 5.63. The van der Waals surface area contributed by atoms with E-state index in [0.717, 1.165) is 30.5 Å². The van der Waals surface area contributed by atoms with Gasteiger partial charge in [0.2, 0.25) is 0 Å². The highest BCUT2D eigenvalue weighted by atomic mass is 35.5. The van der Waals surface area contributed by atoms with Crippen LogP contribution in [0.4, 0.5) is 8.78 Å². The molecule has 0 radical (unpaired) electrons. The molecule has 2 heterocycles. The maximum absolute atomic E-state index is 14.6. The zero-order valence-corrected chi connectivity index (χ0v) is 16.8. The van der Waals surface area contributed by atoms with E-state index in [1.165, 1.54) is 6.07 Å². The number of hydrogen-bond donors (Lipinski definition) is 2. The molecule has 8 heteroatoms. The quantitative estimate of drug-likeness (QED) is 0.607. The number of hydrogen-bond acceptors (Lipinski definition) is 4. The van der Waals surface area contributed by atoms with Gasteiger partial charge in [0.1, 0.15) is 28.0 Å². The van der Waals surface area contributed by atoms with E-state index in [9.17, 15) is 18.7 Å². The third kappa shape index (κ3) is 4.27. The second kappa shape index (κ2) is 8.62. The molecule has 2 atom stereocenters. The highest BCUT2D eigenvalue weighted by molar-refractivity contribution is 6.29. The van der Waals surface area contributed by atoms with Crippen LogP contribution in [0.2, 0.25) is 5.15 Å². The van der Waals surface area contributed by atoms with Crippen molar-refractivity contribution >= 4 is 28.4 Å². The summed E-state index contributed by atoms with van der Waals surface area (Å²) in [4.78, 5) is 20.9. The average Bonchev–Trinajstić information content (AvgIpc) is 2.74. The van der Waals surface area contributed by atoms with Crippen LogP contribution in [0.1, 0.15) is 47.3 Å². The second-order valence-corrected chi connectivity index (χ2v) is 7.90. The normalized spacial score (nSPS) is 19.1. The lowest BCUT2D eigenvalue weighted by Gasteiger charge is -2.28. The maximum atomic E-state index is 14.6. The van der Waals surface area contributed by atoms with Crippen LogP contribution in [0.15, 0.2) is 36.5 Å². The summed E-state index contributed by atoms with van der Waals surface area (Å²) in [5.74, 6) is -1.86. The molecule has 156 valence electrons. The van der Waals surface area contributed by atoms with Crippen LogP contribution in [0.3, 0.4) is 0 Å². The van der Waals surface area contributed by atoms with Crippen molar-refractivity contribution in [3.8, 4) is 0 Å². The summed E-state index contributed by atoms with van der Waals surface area (Å²) in [6, 6.07) is 6.45. The lowest BCUT2D eigenvalue weighted by atomic mass is 9.92. The summed E-state index contributed by atoms with van der Waals surface area (Å²) >= 11 is 5.82. The summed E-state index contributed by atoms with van der Waals surface area (Å²) in [6.45, 7) is 0. The molecule has 2 aromatic heterocycles. The standard InChI is InChI=1S/C22H20ClF2N3O2/c23-19-8-5-12(11-26-19)9-13-10-17(22(30)28-16-3-1-2-4-18(16)29)27-21-15(25)7-6-14(24)20(13)21/h5-8,10-11,16,18,29H,1-4,9H2,(H,28,30)/t16-,18-/m0/s1. The van der Waals surface area contributed by atoms with Crippen LogP contribution in [0.5, 0.6) is 0 Å². The number of fused-ring (bicyclic) bond motifs is 1. The highest BCUT2D eigenvalue weighted by Gasteiger charge is 2.26. The Morgan fingerprint density at radius 1 is 1.17 bits per heavy atom. The van der Waals surface area contributed by atoms with Crippen LogP contribution >= 0.6 is 11.6 Å². The van der Waals surface area contributed by atoms with Crippen molar-refractivity contribution in [2.45, 2.75) is 44.2 Å². The number of rotatable bonds is 4. The number of halogens is 3. The Kier molecular flexibility index (Phi) is 5.92. The van der Waals surface area contributed by atoms with Gasteiger partial charge in [0.25, 0.3) is 5.91 Å². The van der Waals surface area contributed by atoms with Crippen molar-refractivity contribution in [3.05, 3.63) is 70.1 Å². The van der Waals surface area contributed by atoms with Gasteiger partial charge in [0.05, 0.1) is 12.1 Å². The number of carbonyl (C=O) groups is 1. The molecule has 0 saturated heterocycles. The largest absolute Gasteiger partial charge is 0.391 e. The summed E-state index contributed by atoms with van der Waals surface area (Å²) < 4.78 is 29.0. The Labute approximate surface area is 177 Å². The summed E-state index contributed by atoms with van der Waals surface area (Å²) in [5, 5.41) is 13.3. The summed E-state index contributed by atoms with van der Waals surface area (Å²) in [6.07, 6.45) is 4.22. The molecule has 5 nitrogen and oxygen atoms in total. The third-order valence-electron chi connectivity index (χ3n) is 5.40. The first kappa shape index (κ1) is 20.6. The van der Waals surface area contributed by atoms with E-state index in [0.29, 0.717) is 23.6 Å². The number of aromatic nitrogens is 2. The van der Waals surface area contributed by atoms with Crippen molar-refractivity contribution in [3.63, 3.8) is 0 Å². The van der Waals surface area contributed by atoms with Crippen molar-refractivity contribution in [2.24, 2.45) is 0 Å². The predicted molar refractivity (Wildman–Crippen MR) is 109 cm³/mol. The van der Waals surface area contributed by atoms with Crippen molar-refractivity contribution in [1.82, 2.24) is 15.3 Å². The molecule has 1 fully saturated rings. The SMILES string of the molecule is O=C(N[C@H]1CCCC[C@@H]1O)c1cc(Cc2ccc(Cl)nc2)c2c(F)ccc(F)c2n1. The first-order valence-electron chi connectivity index (χ1n) is 9.79. The molecule has 3 aromatic rings. The first-order chi connectivity index (χ1) is 14.4. The van der Waals surface area contributed by atoms with E-state index in [1.54, 1.807) is 18.3 Å². The van der Waals surface area contributed by atoms with Gasteiger partial charge < -0.3 is 10.4 Å². The van der Waals surface area contributed by atoms with Crippen LogP contribution in [0.25, 0.3) is 10.9 Å². The van der Waals surface area contributed by atoms with Crippen molar-refractivity contribution in [2.75, 3.05) is 0 Å². The van der Waals surface area contributed by atoms with Crippen LogP contribution < -0.4 is 5.32 Å². The minimum Gasteiger partial charge on any atom is -0.391 e. The minimum atomic E-state index is -0.714. The Morgan fingerprint density at radius 3 is 2.67 bits per heavy atom. The number of nitrogens with one attached hydrogen (secondary N) is 1. The molecule has 1 amide bonds. The molecule has 2 N–H and O–H groups in total. The van der Waals surface area contributed by atoms with E-state index in [4.69, 9.17) is 11.6 Å². The van der Waals surface area contributed by atoms with Gasteiger partial charge in [-0.15, -0.1) is 0 Å². The van der Waals surface area contributed by atoms with Gasteiger partial charge in [0.15, 0.2) is 0 Å².